The number of nitrogens with one attached hydrogen (secondary N) is 1. The van der Waals surface area contributed by atoms with E-state index >= 15 is 0 Å². The SMILES string of the molecule is CC(C)C1CCCCC1NCCOCCN(C)C. The first-order valence-electron chi connectivity index (χ1n) is 7.57. The zero-order valence-corrected chi connectivity index (χ0v) is 12.7. The molecule has 3 nitrogen and oxygen atoms in total. The van der Waals surface area contributed by atoms with E-state index in [1.165, 1.54) is 25.7 Å². The second-order valence-corrected chi connectivity index (χ2v) is 6.17. The summed E-state index contributed by atoms with van der Waals surface area (Å²) in [6.45, 7) is 8.41. The Balaban J connectivity index is 2.09. The summed E-state index contributed by atoms with van der Waals surface area (Å²) in [7, 11) is 4.16. The molecule has 1 fully saturated rings. The number of hydrogen-bond donors (Lipinski definition) is 1. The Bertz CT molecular complexity index is 207. The molecule has 1 N–H and O–H groups in total. The highest BCUT2D eigenvalue weighted by Crippen LogP contribution is 2.29. The maximum absolute atomic E-state index is 5.63. The smallest absolute Gasteiger partial charge is 0.0593 e. The Morgan fingerprint density at radius 3 is 2.56 bits per heavy atom. The van der Waals surface area contributed by atoms with Gasteiger partial charge in [0.1, 0.15) is 0 Å². The van der Waals surface area contributed by atoms with Crippen LogP contribution in [0.2, 0.25) is 0 Å². The van der Waals surface area contributed by atoms with Crippen molar-refractivity contribution in [3.63, 3.8) is 0 Å². The molecular weight excluding hydrogens is 224 g/mol. The van der Waals surface area contributed by atoms with Gasteiger partial charge in [0.25, 0.3) is 0 Å². The molecule has 1 aliphatic rings. The third-order valence-electron chi connectivity index (χ3n) is 4.01. The van der Waals surface area contributed by atoms with Gasteiger partial charge in [-0.1, -0.05) is 26.7 Å². The van der Waals surface area contributed by atoms with E-state index in [-0.39, 0.29) is 0 Å². The van der Waals surface area contributed by atoms with Gasteiger partial charge >= 0.3 is 0 Å². The third kappa shape index (κ3) is 6.17. The summed E-state index contributed by atoms with van der Waals surface area (Å²) in [5.74, 6) is 1.66. The fourth-order valence-electron chi connectivity index (χ4n) is 2.88. The molecule has 1 saturated carbocycles. The molecule has 0 aromatic heterocycles. The molecule has 3 heteroatoms. The fourth-order valence-corrected chi connectivity index (χ4v) is 2.88. The van der Waals surface area contributed by atoms with Crippen LogP contribution in [0.1, 0.15) is 39.5 Å². The normalized spacial score (nSPS) is 25.0. The number of likely N-dealkylation sites (N-methyl/N-ethyl adjacent to an activating group) is 1. The third-order valence-corrected chi connectivity index (χ3v) is 4.01. The van der Waals surface area contributed by atoms with Crippen LogP contribution in [-0.4, -0.2) is 51.3 Å². The van der Waals surface area contributed by atoms with Gasteiger partial charge in [-0.05, 0) is 38.8 Å². The minimum atomic E-state index is 0.719. The summed E-state index contributed by atoms with van der Waals surface area (Å²) in [6, 6.07) is 0.719. The van der Waals surface area contributed by atoms with Crippen molar-refractivity contribution in [3.05, 3.63) is 0 Å². The molecule has 0 amide bonds. The highest BCUT2D eigenvalue weighted by atomic mass is 16.5. The standard InChI is InChI=1S/C15H32N2O/c1-13(2)14-7-5-6-8-15(14)16-9-11-18-12-10-17(3)4/h13-16H,5-12H2,1-4H3. The molecule has 0 spiro atoms. The van der Waals surface area contributed by atoms with Crippen LogP contribution in [0.4, 0.5) is 0 Å². The second-order valence-electron chi connectivity index (χ2n) is 6.17. The molecule has 2 unspecified atom stereocenters. The van der Waals surface area contributed by atoms with E-state index in [0.717, 1.165) is 44.2 Å². The lowest BCUT2D eigenvalue weighted by Crippen LogP contribution is -2.42. The Morgan fingerprint density at radius 2 is 1.89 bits per heavy atom. The van der Waals surface area contributed by atoms with Crippen LogP contribution in [0.3, 0.4) is 0 Å². The molecular formula is C15H32N2O. The van der Waals surface area contributed by atoms with Crippen molar-refractivity contribution in [2.24, 2.45) is 11.8 Å². The average molecular weight is 256 g/mol. The predicted molar refractivity (Wildman–Crippen MR) is 78.0 cm³/mol. The van der Waals surface area contributed by atoms with Crippen molar-refractivity contribution in [1.82, 2.24) is 10.2 Å². The molecule has 1 aliphatic carbocycles. The second kappa shape index (κ2) is 8.89. The summed E-state index contributed by atoms with van der Waals surface area (Å²) < 4.78 is 5.63. The zero-order valence-electron chi connectivity index (χ0n) is 12.7. The molecule has 108 valence electrons. The molecule has 2 atom stereocenters. The minimum Gasteiger partial charge on any atom is -0.379 e. The zero-order chi connectivity index (χ0) is 13.4. The van der Waals surface area contributed by atoms with Crippen LogP contribution in [-0.2, 0) is 4.74 Å². The lowest BCUT2D eigenvalue weighted by Gasteiger charge is -2.35. The monoisotopic (exact) mass is 256 g/mol. The van der Waals surface area contributed by atoms with Gasteiger partial charge in [0, 0.05) is 19.1 Å². The molecule has 0 aromatic rings. The van der Waals surface area contributed by atoms with Crippen molar-refractivity contribution in [2.75, 3.05) is 40.4 Å². The first-order valence-corrected chi connectivity index (χ1v) is 7.57. The summed E-state index contributed by atoms with van der Waals surface area (Å²) >= 11 is 0. The van der Waals surface area contributed by atoms with Crippen molar-refractivity contribution in [3.8, 4) is 0 Å². The van der Waals surface area contributed by atoms with E-state index in [1.807, 2.05) is 0 Å². The highest BCUT2D eigenvalue weighted by molar-refractivity contribution is 4.82. The highest BCUT2D eigenvalue weighted by Gasteiger charge is 2.26. The molecule has 0 radical (unpaired) electrons. The Hall–Kier alpha value is -0.120. The minimum absolute atomic E-state index is 0.719. The fraction of sp³-hybridized carbons (Fsp3) is 1.00. The molecule has 1 rings (SSSR count). The van der Waals surface area contributed by atoms with Gasteiger partial charge in [0.05, 0.1) is 13.2 Å². The first-order chi connectivity index (χ1) is 8.61. The molecule has 0 bridgehead atoms. The van der Waals surface area contributed by atoms with Crippen molar-refractivity contribution in [2.45, 2.75) is 45.6 Å². The Morgan fingerprint density at radius 1 is 1.17 bits per heavy atom. The molecule has 0 aromatic carbocycles. The maximum atomic E-state index is 5.63. The van der Waals surface area contributed by atoms with E-state index in [2.05, 4.69) is 38.2 Å². The summed E-state index contributed by atoms with van der Waals surface area (Å²) in [4.78, 5) is 2.16. The van der Waals surface area contributed by atoms with Crippen LogP contribution >= 0.6 is 0 Å². The van der Waals surface area contributed by atoms with Crippen molar-refractivity contribution >= 4 is 0 Å². The van der Waals surface area contributed by atoms with Gasteiger partial charge in [-0.15, -0.1) is 0 Å². The molecule has 0 saturated heterocycles. The number of nitrogens with zero attached hydrogens (tertiary/aromatic N) is 1. The van der Waals surface area contributed by atoms with Crippen LogP contribution in [0, 0.1) is 11.8 Å². The van der Waals surface area contributed by atoms with Crippen LogP contribution < -0.4 is 5.32 Å². The van der Waals surface area contributed by atoms with Gasteiger partial charge in [0.15, 0.2) is 0 Å². The molecule has 18 heavy (non-hydrogen) atoms. The quantitative estimate of drug-likeness (QED) is 0.675. The Kier molecular flexibility index (Phi) is 7.87. The van der Waals surface area contributed by atoms with Crippen LogP contribution in [0.5, 0.6) is 0 Å². The van der Waals surface area contributed by atoms with Crippen LogP contribution in [0.15, 0.2) is 0 Å². The van der Waals surface area contributed by atoms with E-state index in [4.69, 9.17) is 4.74 Å². The predicted octanol–water partition coefficient (Wildman–Crippen LogP) is 2.37. The maximum Gasteiger partial charge on any atom is 0.0593 e. The van der Waals surface area contributed by atoms with Gasteiger partial charge in [-0.2, -0.15) is 0 Å². The van der Waals surface area contributed by atoms with E-state index in [9.17, 15) is 0 Å². The average Bonchev–Trinajstić information content (AvgIpc) is 2.33. The van der Waals surface area contributed by atoms with Gasteiger partial charge in [0.2, 0.25) is 0 Å². The summed E-state index contributed by atoms with van der Waals surface area (Å²) in [6.07, 6.45) is 5.56. The number of rotatable bonds is 8. The van der Waals surface area contributed by atoms with Crippen molar-refractivity contribution < 1.29 is 4.74 Å². The molecule has 0 heterocycles. The topological polar surface area (TPSA) is 24.5 Å². The van der Waals surface area contributed by atoms with E-state index in [1.54, 1.807) is 0 Å². The summed E-state index contributed by atoms with van der Waals surface area (Å²) in [5, 5.41) is 3.70. The van der Waals surface area contributed by atoms with E-state index < -0.39 is 0 Å². The number of ether oxygens (including phenoxy) is 1. The van der Waals surface area contributed by atoms with Crippen LogP contribution in [0.25, 0.3) is 0 Å². The van der Waals surface area contributed by atoms with Gasteiger partial charge in [-0.25, -0.2) is 0 Å². The molecule has 0 aliphatic heterocycles. The lowest BCUT2D eigenvalue weighted by atomic mass is 9.78. The van der Waals surface area contributed by atoms with Crippen molar-refractivity contribution in [1.29, 1.82) is 0 Å². The lowest BCUT2D eigenvalue weighted by molar-refractivity contribution is 0.110. The summed E-state index contributed by atoms with van der Waals surface area (Å²) in [5.41, 5.74) is 0. The van der Waals surface area contributed by atoms with E-state index in [0.29, 0.717) is 0 Å². The van der Waals surface area contributed by atoms with Gasteiger partial charge < -0.3 is 15.0 Å². The Labute approximate surface area is 113 Å². The number of hydrogen-bond acceptors (Lipinski definition) is 3. The first kappa shape index (κ1) is 15.9. The van der Waals surface area contributed by atoms with Gasteiger partial charge in [-0.3, -0.25) is 0 Å². The largest absolute Gasteiger partial charge is 0.379 e.